The van der Waals surface area contributed by atoms with Crippen molar-refractivity contribution in [3.63, 3.8) is 0 Å². The smallest absolute Gasteiger partial charge is 0.310 e. The van der Waals surface area contributed by atoms with E-state index in [1.54, 1.807) is 34.0 Å². The molecule has 1 aromatic heterocycles. The first kappa shape index (κ1) is 24.6. The van der Waals surface area contributed by atoms with Gasteiger partial charge in [0.2, 0.25) is 0 Å². The zero-order valence-electron chi connectivity index (χ0n) is 19.3. The minimum atomic E-state index is -0.760. The molecule has 9 nitrogen and oxygen atoms in total. The van der Waals surface area contributed by atoms with Crippen LogP contribution in [0.25, 0.3) is 16.9 Å². The third-order valence-corrected chi connectivity index (χ3v) is 6.59. The summed E-state index contributed by atoms with van der Waals surface area (Å²) in [6.45, 7) is 0.0878. The Morgan fingerprint density at radius 1 is 1.14 bits per heavy atom. The molecule has 0 spiro atoms. The number of rotatable bonds is 7. The molecule has 1 saturated heterocycles. The van der Waals surface area contributed by atoms with Crippen molar-refractivity contribution in [3.8, 4) is 22.7 Å². The molecule has 0 bridgehead atoms. The van der Waals surface area contributed by atoms with Crippen LogP contribution in [-0.2, 0) is 16.0 Å². The molecule has 1 aliphatic heterocycles. The summed E-state index contributed by atoms with van der Waals surface area (Å²) < 4.78 is 22.1. The number of aromatic hydroxyl groups is 1. The topological polar surface area (TPSA) is 111 Å². The monoisotopic (exact) mass is 566 g/mol. The molecule has 1 atom stereocenters. The molecule has 1 amide bonds. The van der Waals surface area contributed by atoms with Crippen LogP contribution >= 0.6 is 15.9 Å². The fourth-order valence-electron chi connectivity index (χ4n) is 4.20. The number of nitro groups is 1. The molecule has 1 N–H and O–H groups in total. The fourth-order valence-corrected chi connectivity index (χ4v) is 4.46. The van der Waals surface area contributed by atoms with E-state index in [1.165, 1.54) is 24.3 Å². The molecule has 1 fully saturated rings. The molecule has 4 aromatic rings. The minimum Gasteiger partial charge on any atom is -0.502 e. The number of carbonyl (C=O) groups excluding carboxylic acids is 1. The average Bonchev–Trinajstić information content (AvgIpc) is 3.48. The van der Waals surface area contributed by atoms with Crippen LogP contribution in [0.5, 0.6) is 5.75 Å². The summed E-state index contributed by atoms with van der Waals surface area (Å²) in [7, 11) is 0. The van der Waals surface area contributed by atoms with Crippen molar-refractivity contribution in [2.75, 3.05) is 13.2 Å². The molecule has 2 heterocycles. The van der Waals surface area contributed by atoms with Gasteiger partial charge in [-0.05, 0) is 66.6 Å². The van der Waals surface area contributed by atoms with E-state index in [-0.39, 0.29) is 24.9 Å². The molecule has 37 heavy (non-hydrogen) atoms. The zero-order valence-corrected chi connectivity index (χ0v) is 20.8. The van der Waals surface area contributed by atoms with Gasteiger partial charge in [-0.25, -0.2) is 9.07 Å². The van der Waals surface area contributed by atoms with Crippen molar-refractivity contribution in [3.05, 3.63) is 104 Å². The van der Waals surface area contributed by atoms with Gasteiger partial charge in [-0.1, -0.05) is 22.0 Å². The highest BCUT2D eigenvalue weighted by Gasteiger charge is 2.36. The van der Waals surface area contributed by atoms with Crippen molar-refractivity contribution in [1.82, 2.24) is 14.7 Å². The first-order chi connectivity index (χ1) is 17.8. The molecule has 5 rings (SSSR count). The summed E-state index contributed by atoms with van der Waals surface area (Å²) in [6, 6.07) is 17.6. The maximum Gasteiger partial charge on any atom is 0.310 e. The number of amides is 1. The number of hydrogen-bond donors (Lipinski definition) is 1. The van der Waals surface area contributed by atoms with Crippen LogP contribution in [0.1, 0.15) is 17.4 Å². The number of phenols is 1. The fraction of sp³-hybridized carbons (Fsp3) is 0.154. The van der Waals surface area contributed by atoms with E-state index in [0.29, 0.717) is 28.8 Å². The van der Waals surface area contributed by atoms with Gasteiger partial charge in [0.25, 0.3) is 5.91 Å². The summed E-state index contributed by atoms with van der Waals surface area (Å²) in [5.74, 6) is -1.04. The number of aromatic nitrogens is 2. The summed E-state index contributed by atoms with van der Waals surface area (Å²) in [6.07, 6.45) is 1.33. The van der Waals surface area contributed by atoms with E-state index in [4.69, 9.17) is 9.84 Å². The third-order valence-electron chi connectivity index (χ3n) is 6.06. The second-order valence-corrected chi connectivity index (χ2v) is 9.36. The van der Waals surface area contributed by atoms with Crippen LogP contribution in [0, 0.1) is 15.9 Å². The lowest BCUT2D eigenvalue weighted by Gasteiger charge is -2.23. The highest BCUT2D eigenvalue weighted by Crippen LogP contribution is 2.36. The number of hydrogen-bond acceptors (Lipinski definition) is 6. The predicted octanol–water partition coefficient (Wildman–Crippen LogP) is 5.15. The lowest BCUT2D eigenvalue weighted by molar-refractivity contribution is -0.385. The Balaban J connectivity index is 1.49. The molecular weight excluding hydrogens is 547 g/mol. The molecule has 188 valence electrons. The number of ether oxygens (including phenoxy) is 1. The minimum absolute atomic E-state index is 0.132. The van der Waals surface area contributed by atoms with Crippen LogP contribution < -0.4 is 0 Å². The number of nitrogens with zero attached hydrogens (tertiary/aromatic N) is 4. The van der Waals surface area contributed by atoms with Crippen molar-refractivity contribution in [2.24, 2.45) is 0 Å². The molecular formula is C26H20BrFN4O5. The van der Waals surface area contributed by atoms with E-state index >= 15 is 0 Å². The molecule has 1 aliphatic rings. The van der Waals surface area contributed by atoms with Gasteiger partial charge in [0.05, 0.1) is 10.6 Å². The molecule has 0 saturated carbocycles. The summed E-state index contributed by atoms with van der Waals surface area (Å²) in [4.78, 5) is 24.9. The number of phenolic OH excluding ortho intramolecular Hbond substituents is 1. The maximum absolute atomic E-state index is 13.6. The van der Waals surface area contributed by atoms with Crippen LogP contribution in [0.4, 0.5) is 10.1 Å². The van der Waals surface area contributed by atoms with Crippen molar-refractivity contribution in [2.45, 2.75) is 12.6 Å². The highest BCUT2D eigenvalue weighted by atomic mass is 79.9. The van der Waals surface area contributed by atoms with Crippen LogP contribution in [0.15, 0.2) is 77.4 Å². The van der Waals surface area contributed by atoms with E-state index in [9.17, 15) is 24.4 Å². The summed E-state index contributed by atoms with van der Waals surface area (Å²) >= 11 is 3.42. The van der Waals surface area contributed by atoms with Crippen LogP contribution in [0.2, 0.25) is 0 Å². The quantitative estimate of drug-likeness (QED) is 0.244. The van der Waals surface area contributed by atoms with Crippen LogP contribution in [-0.4, -0.2) is 43.8 Å². The Bertz CT molecular complexity index is 1470. The second-order valence-electron chi connectivity index (χ2n) is 8.44. The SMILES string of the molecule is O=C1COC(c2cn(-c3ccc(Br)cc3)nc2-c2ccc(F)cc2)N1CCc1ccc(O)c([N+](=O)[O-])c1. The zero-order chi connectivity index (χ0) is 26.1. The van der Waals surface area contributed by atoms with E-state index in [1.807, 2.05) is 24.3 Å². The summed E-state index contributed by atoms with van der Waals surface area (Å²) in [5, 5.41) is 25.6. The molecule has 11 heteroatoms. The van der Waals surface area contributed by atoms with Gasteiger partial charge in [-0.15, -0.1) is 0 Å². The van der Waals surface area contributed by atoms with Crippen LogP contribution in [0.3, 0.4) is 0 Å². The third kappa shape index (κ3) is 5.09. The van der Waals surface area contributed by atoms with Gasteiger partial charge in [-0.3, -0.25) is 14.9 Å². The lowest BCUT2D eigenvalue weighted by atomic mass is 10.1. The predicted molar refractivity (Wildman–Crippen MR) is 136 cm³/mol. The van der Waals surface area contributed by atoms with Gasteiger partial charge in [0.15, 0.2) is 12.0 Å². The highest BCUT2D eigenvalue weighted by molar-refractivity contribution is 9.10. The van der Waals surface area contributed by atoms with Crippen molar-refractivity contribution in [1.29, 1.82) is 0 Å². The molecule has 0 radical (unpaired) electrons. The number of halogens is 2. The van der Waals surface area contributed by atoms with E-state index in [2.05, 4.69) is 15.9 Å². The largest absolute Gasteiger partial charge is 0.502 e. The maximum atomic E-state index is 13.6. The average molecular weight is 567 g/mol. The molecule has 1 unspecified atom stereocenters. The van der Waals surface area contributed by atoms with Gasteiger partial charge in [0, 0.05) is 34.4 Å². The molecule has 0 aliphatic carbocycles. The van der Waals surface area contributed by atoms with Crippen molar-refractivity contribution < 1.29 is 24.0 Å². The Kier molecular flexibility index (Phi) is 6.72. The second kappa shape index (κ2) is 10.1. The lowest BCUT2D eigenvalue weighted by Crippen LogP contribution is -2.30. The number of carbonyl (C=O) groups is 1. The van der Waals surface area contributed by atoms with Gasteiger partial charge >= 0.3 is 5.69 Å². The number of nitro benzene ring substituents is 1. The van der Waals surface area contributed by atoms with Gasteiger partial charge in [0.1, 0.15) is 18.1 Å². The summed E-state index contributed by atoms with van der Waals surface area (Å²) in [5.41, 5.74) is 2.79. The Labute approximate surface area is 219 Å². The van der Waals surface area contributed by atoms with Gasteiger partial charge in [-0.2, -0.15) is 5.10 Å². The first-order valence-electron chi connectivity index (χ1n) is 11.3. The Morgan fingerprint density at radius 2 is 1.86 bits per heavy atom. The normalized spacial score (nSPS) is 15.4. The standard InChI is InChI=1S/C26H20BrFN4O5/c27-18-4-8-20(9-5-18)31-14-21(25(29-31)17-2-6-19(28)7-3-17)26-30(24(34)15-37-26)12-11-16-1-10-23(33)22(13-16)32(35)36/h1-10,13-14,26,33H,11-12,15H2. The molecule has 3 aromatic carbocycles. The van der Waals surface area contributed by atoms with E-state index in [0.717, 1.165) is 10.2 Å². The first-order valence-corrected chi connectivity index (χ1v) is 12.1. The van der Waals surface area contributed by atoms with Crippen molar-refractivity contribution >= 4 is 27.5 Å². The Morgan fingerprint density at radius 3 is 2.57 bits per heavy atom. The van der Waals surface area contributed by atoms with E-state index < -0.39 is 22.6 Å². The van der Waals surface area contributed by atoms with Gasteiger partial charge < -0.3 is 14.7 Å². The number of benzene rings is 3. The Hall–Kier alpha value is -4.09.